The van der Waals surface area contributed by atoms with E-state index in [4.69, 9.17) is 0 Å². The summed E-state index contributed by atoms with van der Waals surface area (Å²) >= 11 is 0. The van der Waals surface area contributed by atoms with E-state index in [1.54, 1.807) is 4.90 Å². The summed E-state index contributed by atoms with van der Waals surface area (Å²) in [6.45, 7) is 21.8. The number of rotatable bonds is 6. The second-order valence-electron chi connectivity index (χ2n) is 15.4. The Morgan fingerprint density at radius 1 is 0.861 bits per heavy atom. The molecule has 2 rings (SSSR count). The van der Waals surface area contributed by atoms with Gasteiger partial charge in [-0.1, -0.05) is 67.5 Å². The molecule has 0 amide bonds. The van der Waals surface area contributed by atoms with Gasteiger partial charge >= 0.3 is 6.18 Å². The number of hydrogen-bond donors (Lipinski definition) is 0. The van der Waals surface area contributed by atoms with Gasteiger partial charge in [0.25, 0.3) is 0 Å². The predicted octanol–water partition coefficient (Wildman–Crippen LogP) is 9.56. The molecule has 2 nitrogen and oxygen atoms in total. The van der Waals surface area contributed by atoms with Crippen LogP contribution in [0.2, 0.25) is 0 Å². The van der Waals surface area contributed by atoms with Gasteiger partial charge < -0.3 is 0 Å². The minimum Gasteiger partial charge on any atom is -0.287 e. The standard InChI is InChI=1S/C31H53F3N2/c1-26(2,3)16-19-30(22-35)14-11-23(12-15-30)28(7,8)17-18-29(9,10)36-20-13-24(27(4,5)6)21-25(36)31(32,33)34/h16,19,23-25H,11-15,17-18,20-21H2,1-10H3/b19-16-/t23?,24?,25-,30?/m1/s1. The number of alkyl halides is 3. The molecule has 1 heterocycles. The highest BCUT2D eigenvalue weighted by atomic mass is 19.4. The molecule has 1 unspecified atom stereocenters. The highest BCUT2D eigenvalue weighted by molar-refractivity contribution is 5.16. The van der Waals surface area contributed by atoms with E-state index in [-0.39, 0.29) is 34.0 Å². The van der Waals surface area contributed by atoms with Crippen LogP contribution in [0.4, 0.5) is 13.2 Å². The largest absolute Gasteiger partial charge is 0.404 e. The summed E-state index contributed by atoms with van der Waals surface area (Å²) < 4.78 is 42.7. The summed E-state index contributed by atoms with van der Waals surface area (Å²) in [7, 11) is 0. The Morgan fingerprint density at radius 3 is 1.86 bits per heavy atom. The minimum atomic E-state index is -4.21. The Kier molecular flexibility index (Phi) is 9.21. The third-order valence-corrected chi connectivity index (χ3v) is 9.47. The molecule has 1 saturated carbocycles. The molecule has 1 aliphatic carbocycles. The van der Waals surface area contributed by atoms with Crippen molar-refractivity contribution in [2.24, 2.45) is 33.5 Å². The fourth-order valence-electron chi connectivity index (χ4n) is 6.40. The number of piperidine rings is 1. The molecule has 2 aliphatic rings. The van der Waals surface area contributed by atoms with Crippen molar-refractivity contribution in [3.05, 3.63) is 12.2 Å². The third kappa shape index (κ3) is 7.99. The molecule has 0 aromatic carbocycles. The number of hydrogen-bond acceptors (Lipinski definition) is 2. The average molecular weight is 511 g/mol. The van der Waals surface area contributed by atoms with Crippen molar-refractivity contribution in [1.82, 2.24) is 4.90 Å². The van der Waals surface area contributed by atoms with Gasteiger partial charge in [-0.25, -0.2) is 0 Å². The molecule has 2 fully saturated rings. The summed E-state index contributed by atoms with van der Waals surface area (Å²) in [6, 6.07) is 1.23. The number of halogens is 3. The number of allylic oxidation sites excluding steroid dienone is 2. The predicted molar refractivity (Wildman–Crippen MR) is 144 cm³/mol. The highest BCUT2D eigenvalue weighted by Gasteiger charge is 2.52. The molecule has 208 valence electrons. The molecule has 1 aliphatic heterocycles. The van der Waals surface area contributed by atoms with Gasteiger partial charge in [0.2, 0.25) is 0 Å². The molecule has 0 bridgehead atoms. The molecule has 0 aromatic heterocycles. The van der Waals surface area contributed by atoms with Crippen LogP contribution >= 0.6 is 0 Å². The van der Waals surface area contributed by atoms with Gasteiger partial charge in [-0.3, -0.25) is 4.90 Å². The number of nitriles is 1. The van der Waals surface area contributed by atoms with Gasteiger partial charge in [-0.2, -0.15) is 18.4 Å². The maximum Gasteiger partial charge on any atom is 0.404 e. The Balaban J connectivity index is 2.07. The Labute approximate surface area is 220 Å². The summed E-state index contributed by atoms with van der Waals surface area (Å²) in [4.78, 5) is 1.77. The highest BCUT2D eigenvalue weighted by Crippen LogP contribution is 2.50. The van der Waals surface area contributed by atoms with Crippen LogP contribution in [-0.2, 0) is 0 Å². The normalized spacial score (nSPS) is 29.9. The van der Waals surface area contributed by atoms with Gasteiger partial charge in [0.1, 0.15) is 6.04 Å². The van der Waals surface area contributed by atoms with Crippen LogP contribution in [0.5, 0.6) is 0 Å². The fraction of sp³-hybridized carbons (Fsp3) is 0.903. The lowest BCUT2D eigenvalue weighted by Gasteiger charge is -2.52. The van der Waals surface area contributed by atoms with Crippen LogP contribution in [0.1, 0.15) is 121 Å². The van der Waals surface area contributed by atoms with Crippen LogP contribution in [-0.4, -0.2) is 29.2 Å². The van der Waals surface area contributed by atoms with E-state index in [9.17, 15) is 18.4 Å². The zero-order valence-corrected chi connectivity index (χ0v) is 24.8. The maximum atomic E-state index is 14.2. The quantitative estimate of drug-likeness (QED) is 0.333. The van der Waals surface area contributed by atoms with E-state index in [0.717, 1.165) is 44.9 Å². The lowest BCUT2D eigenvalue weighted by molar-refractivity contribution is -0.215. The van der Waals surface area contributed by atoms with Crippen LogP contribution < -0.4 is 0 Å². The molecular formula is C31H53F3N2. The SMILES string of the molecule is CC(C)(C)/C=C\C1(C#N)CCC(C(C)(C)CCC(C)(C)N2CCC(C(C)(C)C)C[C@@H]2C(F)(F)F)CC1. The van der Waals surface area contributed by atoms with Crippen molar-refractivity contribution in [2.75, 3.05) is 6.54 Å². The Bertz CT molecular complexity index is 794. The van der Waals surface area contributed by atoms with Crippen LogP contribution in [0.25, 0.3) is 0 Å². The second-order valence-corrected chi connectivity index (χ2v) is 15.4. The zero-order valence-electron chi connectivity index (χ0n) is 24.8. The summed E-state index contributed by atoms with van der Waals surface area (Å²) in [5.74, 6) is 0.574. The number of likely N-dealkylation sites (tertiary alicyclic amines) is 1. The van der Waals surface area contributed by atoms with E-state index < -0.39 is 17.8 Å². The van der Waals surface area contributed by atoms with Crippen LogP contribution in [0.15, 0.2) is 12.2 Å². The molecule has 1 saturated heterocycles. The first-order valence-electron chi connectivity index (χ1n) is 14.1. The summed E-state index contributed by atoms with van der Waals surface area (Å²) in [5, 5.41) is 9.94. The average Bonchev–Trinajstić information content (AvgIpc) is 2.75. The minimum absolute atomic E-state index is 0.0318. The Hall–Kier alpha value is -1.02. The van der Waals surface area contributed by atoms with E-state index in [2.05, 4.69) is 73.6 Å². The van der Waals surface area contributed by atoms with Crippen molar-refractivity contribution in [3.63, 3.8) is 0 Å². The van der Waals surface area contributed by atoms with Gasteiger partial charge in [0.05, 0.1) is 11.5 Å². The Morgan fingerprint density at radius 2 is 1.42 bits per heavy atom. The molecule has 36 heavy (non-hydrogen) atoms. The van der Waals surface area contributed by atoms with E-state index in [1.165, 1.54) is 0 Å². The molecule has 0 spiro atoms. The van der Waals surface area contributed by atoms with Gasteiger partial charge in [-0.05, 0) is 99.8 Å². The van der Waals surface area contributed by atoms with Crippen molar-refractivity contribution < 1.29 is 13.2 Å². The fourth-order valence-corrected chi connectivity index (χ4v) is 6.40. The van der Waals surface area contributed by atoms with Crippen LogP contribution in [0, 0.1) is 44.8 Å². The van der Waals surface area contributed by atoms with E-state index >= 15 is 0 Å². The third-order valence-electron chi connectivity index (χ3n) is 9.47. The molecular weight excluding hydrogens is 457 g/mol. The van der Waals surface area contributed by atoms with Crippen molar-refractivity contribution >= 4 is 0 Å². The van der Waals surface area contributed by atoms with Crippen molar-refractivity contribution in [2.45, 2.75) is 138 Å². The zero-order chi connectivity index (χ0) is 27.8. The van der Waals surface area contributed by atoms with Crippen molar-refractivity contribution in [3.8, 4) is 6.07 Å². The molecule has 0 aromatic rings. The second kappa shape index (κ2) is 10.6. The lowest BCUT2D eigenvalue weighted by atomic mass is 9.62. The molecule has 2 atom stereocenters. The number of nitrogens with zero attached hydrogens (tertiary/aromatic N) is 2. The summed E-state index contributed by atoms with van der Waals surface area (Å²) in [5.41, 5.74) is -0.911. The maximum absolute atomic E-state index is 14.2. The van der Waals surface area contributed by atoms with Gasteiger partial charge in [-0.15, -0.1) is 0 Å². The monoisotopic (exact) mass is 510 g/mol. The van der Waals surface area contributed by atoms with Crippen molar-refractivity contribution in [1.29, 1.82) is 5.26 Å². The van der Waals surface area contributed by atoms with E-state index in [1.807, 2.05) is 13.8 Å². The first-order chi connectivity index (χ1) is 16.1. The van der Waals surface area contributed by atoms with Gasteiger partial charge in [0, 0.05) is 5.54 Å². The van der Waals surface area contributed by atoms with Crippen LogP contribution in [0.3, 0.4) is 0 Å². The molecule has 5 heteroatoms. The summed E-state index contributed by atoms with van der Waals surface area (Å²) in [6.07, 6.45) is 6.49. The smallest absolute Gasteiger partial charge is 0.287 e. The lowest BCUT2D eigenvalue weighted by Crippen LogP contribution is -2.60. The molecule has 0 radical (unpaired) electrons. The first kappa shape index (κ1) is 31.2. The topological polar surface area (TPSA) is 27.0 Å². The first-order valence-corrected chi connectivity index (χ1v) is 14.1. The van der Waals surface area contributed by atoms with Gasteiger partial charge in [0.15, 0.2) is 0 Å². The van der Waals surface area contributed by atoms with E-state index in [0.29, 0.717) is 12.5 Å². The molecule has 0 N–H and O–H groups in total.